The highest BCUT2D eigenvalue weighted by Crippen LogP contribution is 2.31. The number of aromatic carboxylic acids is 1. The average molecular weight is 433 g/mol. The van der Waals surface area contributed by atoms with Crippen LogP contribution >= 0.6 is 0 Å². The van der Waals surface area contributed by atoms with Crippen LogP contribution in [0, 0.1) is 19.7 Å². The molecule has 0 aliphatic heterocycles. The Hall–Kier alpha value is -2.46. The Kier molecular flexibility index (Phi) is 6.69. The maximum absolute atomic E-state index is 13.6. The molecule has 0 bridgehead atoms. The normalized spacial score (nSPS) is 12.2. The Morgan fingerprint density at radius 3 is 2.34 bits per heavy atom. The van der Waals surface area contributed by atoms with E-state index in [9.17, 15) is 35.9 Å². The van der Waals surface area contributed by atoms with E-state index in [-0.39, 0.29) is 29.8 Å². The quantitative estimate of drug-likeness (QED) is 0.509. The lowest BCUT2D eigenvalue weighted by Gasteiger charge is -2.12. The lowest BCUT2D eigenvalue weighted by molar-refractivity contribution is -0.140. The smallest absolute Gasteiger partial charge is 0.419 e. The fourth-order valence-corrected chi connectivity index (χ4v) is 3.91. The summed E-state index contributed by atoms with van der Waals surface area (Å²) in [5.41, 5.74) is -0.211. The third-order valence-electron chi connectivity index (χ3n) is 4.45. The molecule has 0 amide bonds. The number of carboxylic acid groups (broad SMARTS) is 1. The standard InChI is InChI=1S/C19H19F4NO4S/c1-11-8-14(10-15(12(11)2)18(25)26)29(27,28)24-7-3-4-13-5-6-16(17(20)9-13)19(21,22)23/h5-6,8-10,24H,3-4,7H2,1-2H3,(H,25,26). The first kappa shape index (κ1) is 22.8. The van der Waals surface area contributed by atoms with Gasteiger partial charge >= 0.3 is 12.1 Å². The van der Waals surface area contributed by atoms with Gasteiger partial charge in [0, 0.05) is 6.54 Å². The maximum Gasteiger partial charge on any atom is 0.419 e. The minimum atomic E-state index is -4.78. The molecule has 0 aliphatic carbocycles. The molecule has 29 heavy (non-hydrogen) atoms. The van der Waals surface area contributed by atoms with Gasteiger partial charge in [0.2, 0.25) is 10.0 Å². The van der Waals surface area contributed by atoms with E-state index in [0.29, 0.717) is 22.8 Å². The van der Waals surface area contributed by atoms with Crippen molar-refractivity contribution < 1.29 is 35.9 Å². The van der Waals surface area contributed by atoms with E-state index in [2.05, 4.69) is 4.72 Å². The van der Waals surface area contributed by atoms with Gasteiger partial charge in [0.1, 0.15) is 5.82 Å². The molecule has 0 spiro atoms. The van der Waals surface area contributed by atoms with Crippen LogP contribution in [0.1, 0.15) is 39.0 Å². The summed E-state index contributed by atoms with van der Waals surface area (Å²) in [6.45, 7) is 3.12. The van der Waals surface area contributed by atoms with Gasteiger partial charge in [0.15, 0.2) is 0 Å². The van der Waals surface area contributed by atoms with Crippen molar-refractivity contribution in [3.63, 3.8) is 0 Å². The predicted molar refractivity (Wildman–Crippen MR) is 97.8 cm³/mol. The van der Waals surface area contributed by atoms with Crippen LogP contribution < -0.4 is 4.72 Å². The van der Waals surface area contributed by atoms with E-state index >= 15 is 0 Å². The van der Waals surface area contributed by atoms with E-state index in [1.54, 1.807) is 13.8 Å². The number of halogens is 4. The summed E-state index contributed by atoms with van der Waals surface area (Å²) in [5.74, 6) is -2.63. The minimum Gasteiger partial charge on any atom is -0.478 e. The minimum absolute atomic E-state index is 0.0553. The van der Waals surface area contributed by atoms with Crippen molar-refractivity contribution in [3.05, 3.63) is 64.0 Å². The number of hydrogen-bond donors (Lipinski definition) is 2. The molecule has 2 N–H and O–H groups in total. The summed E-state index contributed by atoms with van der Waals surface area (Å²) in [7, 11) is -3.98. The second-order valence-electron chi connectivity index (χ2n) is 6.53. The largest absolute Gasteiger partial charge is 0.478 e. The van der Waals surface area contributed by atoms with Crippen LogP contribution in [0.3, 0.4) is 0 Å². The van der Waals surface area contributed by atoms with Crippen molar-refractivity contribution >= 4 is 16.0 Å². The number of aryl methyl sites for hydroxylation is 2. The number of hydrogen-bond acceptors (Lipinski definition) is 3. The number of alkyl halides is 3. The van der Waals surface area contributed by atoms with Gasteiger partial charge in [-0.3, -0.25) is 0 Å². The Labute approximate surface area is 165 Å². The van der Waals surface area contributed by atoms with Crippen molar-refractivity contribution in [2.75, 3.05) is 6.54 Å². The van der Waals surface area contributed by atoms with Crippen molar-refractivity contribution in [2.24, 2.45) is 0 Å². The lowest BCUT2D eigenvalue weighted by atomic mass is 10.0. The highest BCUT2D eigenvalue weighted by molar-refractivity contribution is 7.89. The van der Waals surface area contributed by atoms with Gasteiger partial charge in [-0.2, -0.15) is 13.2 Å². The van der Waals surface area contributed by atoms with Crippen LogP contribution in [-0.4, -0.2) is 26.0 Å². The highest BCUT2D eigenvalue weighted by Gasteiger charge is 2.33. The molecule has 0 aromatic heterocycles. The van der Waals surface area contributed by atoms with Crippen LogP contribution in [0.4, 0.5) is 17.6 Å². The molecule has 2 aromatic rings. The molecule has 2 rings (SSSR count). The molecule has 0 aliphatic rings. The SMILES string of the molecule is Cc1cc(S(=O)(=O)NCCCc2ccc(C(F)(F)F)c(F)c2)cc(C(=O)O)c1C. The van der Waals surface area contributed by atoms with E-state index in [4.69, 9.17) is 0 Å². The first-order valence-electron chi connectivity index (χ1n) is 8.53. The third-order valence-corrected chi connectivity index (χ3v) is 5.90. The van der Waals surface area contributed by atoms with E-state index in [1.165, 1.54) is 6.07 Å². The van der Waals surface area contributed by atoms with E-state index in [1.807, 2.05) is 0 Å². The second-order valence-corrected chi connectivity index (χ2v) is 8.30. The van der Waals surface area contributed by atoms with Crippen LogP contribution in [0.2, 0.25) is 0 Å². The van der Waals surface area contributed by atoms with Gasteiger partial charge in [0.25, 0.3) is 0 Å². The number of carbonyl (C=O) groups is 1. The molecule has 2 aromatic carbocycles. The molecule has 0 atom stereocenters. The Morgan fingerprint density at radius 2 is 1.79 bits per heavy atom. The number of carboxylic acids is 1. The molecule has 0 radical (unpaired) electrons. The Balaban J connectivity index is 2.04. The van der Waals surface area contributed by atoms with Crippen molar-refractivity contribution in [1.82, 2.24) is 4.72 Å². The molecule has 0 unspecified atom stereocenters. The van der Waals surface area contributed by atoms with Gasteiger partial charge in [-0.25, -0.2) is 22.3 Å². The van der Waals surface area contributed by atoms with E-state index in [0.717, 1.165) is 18.2 Å². The summed E-state index contributed by atoms with van der Waals surface area (Å²) in [4.78, 5) is 11.1. The monoisotopic (exact) mass is 433 g/mol. The summed E-state index contributed by atoms with van der Waals surface area (Å²) >= 11 is 0. The topological polar surface area (TPSA) is 83.5 Å². The van der Waals surface area contributed by atoms with Crippen LogP contribution in [0.15, 0.2) is 35.2 Å². The Morgan fingerprint density at radius 1 is 1.14 bits per heavy atom. The fourth-order valence-electron chi connectivity index (χ4n) is 2.73. The average Bonchev–Trinajstić information content (AvgIpc) is 2.59. The zero-order valence-electron chi connectivity index (χ0n) is 15.6. The summed E-state index contributed by atoms with van der Waals surface area (Å²) in [6, 6.07) is 4.99. The second kappa shape index (κ2) is 8.50. The van der Waals surface area contributed by atoms with Gasteiger partial charge in [-0.05, 0) is 67.6 Å². The Bertz CT molecular complexity index is 1030. The van der Waals surface area contributed by atoms with Crippen LogP contribution in [0.25, 0.3) is 0 Å². The predicted octanol–water partition coefficient (Wildman–Crippen LogP) is 4.07. The van der Waals surface area contributed by atoms with Crippen molar-refractivity contribution in [2.45, 2.75) is 37.8 Å². The zero-order valence-corrected chi connectivity index (χ0v) is 16.4. The highest BCUT2D eigenvalue weighted by atomic mass is 32.2. The zero-order chi connectivity index (χ0) is 22.0. The van der Waals surface area contributed by atoms with Crippen LogP contribution in [-0.2, 0) is 22.6 Å². The third kappa shape index (κ3) is 5.54. The van der Waals surface area contributed by atoms with E-state index < -0.39 is 33.5 Å². The molecule has 158 valence electrons. The number of benzene rings is 2. The molecule has 10 heteroatoms. The molecular formula is C19H19F4NO4S. The van der Waals surface area contributed by atoms with Gasteiger partial charge in [0.05, 0.1) is 16.0 Å². The van der Waals surface area contributed by atoms with Crippen molar-refractivity contribution in [3.8, 4) is 0 Å². The summed E-state index contributed by atoms with van der Waals surface area (Å²) in [5, 5.41) is 9.20. The summed E-state index contributed by atoms with van der Waals surface area (Å²) < 4.78 is 78.4. The molecular weight excluding hydrogens is 414 g/mol. The number of sulfonamides is 1. The number of nitrogens with one attached hydrogen (secondary N) is 1. The van der Waals surface area contributed by atoms with Crippen molar-refractivity contribution in [1.29, 1.82) is 0 Å². The molecule has 5 nitrogen and oxygen atoms in total. The van der Waals surface area contributed by atoms with Crippen LogP contribution in [0.5, 0.6) is 0 Å². The lowest BCUT2D eigenvalue weighted by Crippen LogP contribution is -2.25. The fraction of sp³-hybridized carbons (Fsp3) is 0.316. The first-order chi connectivity index (χ1) is 13.3. The molecule has 0 saturated carbocycles. The van der Waals surface area contributed by atoms with Gasteiger partial charge in [-0.15, -0.1) is 0 Å². The molecule has 0 saturated heterocycles. The summed E-state index contributed by atoms with van der Waals surface area (Å²) in [6.07, 6.45) is -4.41. The molecule has 0 fully saturated rings. The van der Waals surface area contributed by atoms with Gasteiger partial charge < -0.3 is 5.11 Å². The number of rotatable bonds is 7. The first-order valence-corrected chi connectivity index (χ1v) is 10.0. The maximum atomic E-state index is 13.6. The molecule has 0 heterocycles. The van der Waals surface area contributed by atoms with Gasteiger partial charge in [-0.1, -0.05) is 6.07 Å².